The second-order valence-electron chi connectivity index (χ2n) is 8.40. The summed E-state index contributed by atoms with van der Waals surface area (Å²) in [7, 11) is 0. The van der Waals surface area contributed by atoms with Crippen LogP contribution in [0.4, 0.5) is 10.5 Å². The number of amides is 4. The van der Waals surface area contributed by atoms with E-state index in [0.29, 0.717) is 29.0 Å². The summed E-state index contributed by atoms with van der Waals surface area (Å²) in [6.45, 7) is 6.02. The number of rotatable bonds is 8. The molecular weight excluding hydrogens is 466 g/mol. The Morgan fingerprint density at radius 3 is 2.49 bits per heavy atom. The smallest absolute Gasteiger partial charge is 0.335 e. The van der Waals surface area contributed by atoms with E-state index >= 15 is 0 Å². The molecule has 0 spiro atoms. The second-order valence-corrected chi connectivity index (χ2v) is 8.40. The number of nitriles is 1. The predicted molar refractivity (Wildman–Crippen MR) is 141 cm³/mol. The molecule has 1 saturated heterocycles. The van der Waals surface area contributed by atoms with Gasteiger partial charge in [-0.2, -0.15) is 5.26 Å². The number of anilines is 1. The number of aryl methyl sites for hydroxylation is 1. The summed E-state index contributed by atoms with van der Waals surface area (Å²) >= 11 is 0. The van der Waals surface area contributed by atoms with Crippen LogP contribution in [-0.2, 0) is 29.0 Å². The van der Waals surface area contributed by atoms with Crippen molar-refractivity contribution in [1.82, 2.24) is 5.32 Å². The molecule has 0 radical (unpaired) electrons. The third-order valence-corrected chi connectivity index (χ3v) is 5.99. The Morgan fingerprint density at radius 1 is 1.03 bits per heavy atom. The number of allylic oxidation sites excluding steroid dienone is 1. The normalized spacial score (nSPS) is 14.3. The van der Waals surface area contributed by atoms with Crippen LogP contribution in [-0.4, -0.2) is 17.8 Å². The number of carbonyl (C=O) groups excluding carboxylic acids is 3. The van der Waals surface area contributed by atoms with Gasteiger partial charge in [0.2, 0.25) is 0 Å². The molecule has 7 nitrogen and oxygen atoms in total. The van der Waals surface area contributed by atoms with Crippen molar-refractivity contribution in [1.29, 1.82) is 5.26 Å². The molecule has 4 rings (SSSR count). The summed E-state index contributed by atoms with van der Waals surface area (Å²) in [5.41, 5.74) is 3.99. The minimum absolute atomic E-state index is 0.152. The lowest BCUT2D eigenvalue weighted by molar-refractivity contribution is -0.122. The molecule has 4 amide bonds. The van der Waals surface area contributed by atoms with Gasteiger partial charge in [0.1, 0.15) is 17.9 Å². The molecule has 0 bridgehead atoms. The van der Waals surface area contributed by atoms with Gasteiger partial charge in [-0.15, -0.1) is 6.58 Å². The van der Waals surface area contributed by atoms with Crippen LogP contribution in [0.2, 0.25) is 0 Å². The van der Waals surface area contributed by atoms with Gasteiger partial charge in [0.05, 0.1) is 17.3 Å². The minimum Gasteiger partial charge on any atom is -0.489 e. The first-order chi connectivity index (χ1) is 17.9. The van der Waals surface area contributed by atoms with E-state index < -0.39 is 17.8 Å². The van der Waals surface area contributed by atoms with Crippen LogP contribution in [0.25, 0.3) is 6.08 Å². The molecule has 3 aromatic rings. The Hall–Kier alpha value is -4.96. The van der Waals surface area contributed by atoms with Crippen LogP contribution in [0.5, 0.6) is 5.75 Å². The van der Waals surface area contributed by atoms with Gasteiger partial charge in [0, 0.05) is 5.56 Å². The summed E-state index contributed by atoms with van der Waals surface area (Å²) in [5.74, 6) is -0.853. The summed E-state index contributed by atoms with van der Waals surface area (Å²) in [5, 5.41) is 11.6. The molecule has 1 heterocycles. The second kappa shape index (κ2) is 11.2. The minimum atomic E-state index is -0.787. The number of hydrogen-bond donors (Lipinski definition) is 1. The van der Waals surface area contributed by atoms with E-state index in [1.54, 1.807) is 48.5 Å². The van der Waals surface area contributed by atoms with Crippen molar-refractivity contribution in [3.05, 3.63) is 113 Å². The maximum Gasteiger partial charge on any atom is 0.335 e. The molecule has 3 aromatic carbocycles. The largest absolute Gasteiger partial charge is 0.489 e. The molecular formula is C30H25N3O4. The molecule has 1 fully saturated rings. The number of urea groups is 1. The maximum absolute atomic E-state index is 13.2. The average Bonchev–Trinajstić information content (AvgIpc) is 2.91. The summed E-state index contributed by atoms with van der Waals surface area (Å²) in [6, 6.07) is 20.9. The molecule has 37 heavy (non-hydrogen) atoms. The Balaban J connectivity index is 1.61. The summed E-state index contributed by atoms with van der Waals surface area (Å²) in [4.78, 5) is 39.2. The van der Waals surface area contributed by atoms with Crippen molar-refractivity contribution in [3.8, 4) is 11.8 Å². The van der Waals surface area contributed by atoms with Gasteiger partial charge in [0.25, 0.3) is 11.8 Å². The SMILES string of the molecule is C=CCc1cc(/C=C2/C(=O)NC(=O)N(c3ccc(CC)cc3)C2=O)ccc1OCc1ccccc1C#N. The number of nitrogens with zero attached hydrogens (tertiary/aromatic N) is 2. The van der Waals surface area contributed by atoms with E-state index in [2.05, 4.69) is 18.0 Å². The van der Waals surface area contributed by atoms with E-state index in [-0.39, 0.29) is 12.2 Å². The first-order valence-corrected chi connectivity index (χ1v) is 11.8. The van der Waals surface area contributed by atoms with Crippen molar-refractivity contribution < 1.29 is 19.1 Å². The number of imide groups is 2. The molecule has 7 heteroatoms. The van der Waals surface area contributed by atoms with E-state index in [0.717, 1.165) is 28.0 Å². The van der Waals surface area contributed by atoms with E-state index in [1.807, 2.05) is 31.2 Å². The zero-order chi connectivity index (χ0) is 26.4. The molecule has 1 N–H and O–H groups in total. The van der Waals surface area contributed by atoms with Crippen LogP contribution in [0.15, 0.2) is 85.0 Å². The Morgan fingerprint density at radius 2 is 1.78 bits per heavy atom. The molecule has 0 unspecified atom stereocenters. The first kappa shape index (κ1) is 25.1. The topological polar surface area (TPSA) is 99.5 Å². The lowest BCUT2D eigenvalue weighted by Gasteiger charge is -2.26. The Bertz CT molecular complexity index is 1450. The molecule has 184 valence electrons. The monoisotopic (exact) mass is 491 g/mol. The lowest BCUT2D eigenvalue weighted by Crippen LogP contribution is -2.54. The fourth-order valence-corrected chi connectivity index (χ4v) is 4.00. The number of carbonyl (C=O) groups is 3. The molecule has 0 aliphatic carbocycles. The average molecular weight is 492 g/mol. The van der Waals surface area contributed by atoms with Gasteiger partial charge in [-0.1, -0.05) is 49.4 Å². The van der Waals surface area contributed by atoms with E-state index in [1.165, 1.54) is 6.08 Å². The quantitative estimate of drug-likeness (QED) is 0.269. The van der Waals surface area contributed by atoms with E-state index in [4.69, 9.17) is 4.74 Å². The molecule has 1 aliphatic rings. The van der Waals surface area contributed by atoms with Crippen molar-refractivity contribution >= 4 is 29.6 Å². The van der Waals surface area contributed by atoms with Crippen molar-refractivity contribution in [2.45, 2.75) is 26.4 Å². The van der Waals surface area contributed by atoms with Crippen LogP contribution >= 0.6 is 0 Å². The third-order valence-electron chi connectivity index (χ3n) is 5.99. The number of nitrogens with one attached hydrogen (secondary N) is 1. The Labute approximate surface area is 215 Å². The third kappa shape index (κ3) is 5.49. The van der Waals surface area contributed by atoms with Gasteiger partial charge < -0.3 is 4.74 Å². The van der Waals surface area contributed by atoms with Crippen LogP contribution in [0, 0.1) is 11.3 Å². The molecule has 1 aliphatic heterocycles. The summed E-state index contributed by atoms with van der Waals surface area (Å²) < 4.78 is 5.99. The van der Waals surface area contributed by atoms with Crippen LogP contribution in [0.3, 0.4) is 0 Å². The van der Waals surface area contributed by atoms with Gasteiger partial charge in [-0.3, -0.25) is 14.9 Å². The zero-order valence-electron chi connectivity index (χ0n) is 20.4. The highest BCUT2D eigenvalue weighted by molar-refractivity contribution is 6.39. The lowest BCUT2D eigenvalue weighted by atomic mass is 10.0. The van der Waals surface area contributed by atoms with E-state index in [9.17, 15) is 19.6 Å². The van der Waals surface area contributed by atoms with Crippen molar-refractivity contribution in [2.75, 3.05) is 4.90 Å². The van der Waals surface area contributed by atoms with Gasteiger partial charge in [-0.05, 0) is 65.9 Å². The molecule has 0 aromatic heterocycles. The highest BCUT2D eigenvalue weighted by Gasteiger charge is 2.36. The molecule has 0 atom stereocenters. The van der Waals surface area contributed by atoms with Crippen molar-refractivity contribution in [3.63, 3.8) is 0 Å². The highest BCUT2D eigenvalue weighted by atomic mass is 16.5. The summed E-state index contributed by atoms with van der Waals surface area (Å²) in [6.07, 6.45) is 4.49. The van der Waals surface area contributed by atoms with Crippen LogP contribution < -0.4 is 15.0 Å². The number of barbiturate groups is 1. The first-order valence-electron chi connectivity index (χ1n) is 11.8. The number of hydrogen-bond acceptors (Lipinski definition) is 5. The van der Waals surface area contributed by atoms with Gasteiger partial charge >= 0.3 is 6.03 Å². The fourth-order valence-electron chi connectivity index (χ4n) is 4.00. The molecule has 0 saturated carbocycles. The number of ether oxygens (including phenoxy) is 1. The number of benzene rings is 3. The Kier molecular flexibility index (Phi) is 7.60. The maximum atomic E-state index is 13.2. The predicted octanol–water partition coefficient (Wildman–Crippen LogP) is 5.09. The zero-order valence-corrected chi connectivity index (χ0v) is 20.4. The van der Waals surface area contributed by atoms with Crippen molar-refractivity contribution in [2.24, 2.45) is 0 Å². The highest BCUT2D eigenvalue weighted by Crippen LogP contribution is 2.26. The van der Waals surface area contributed by atoms with Crippen LogP contribution in [0.1, 0.15) is 34.7 Å². The fraction of sp³-hybridized carbons (Fsp3) is 0.133. The standard InChI is InChI=1S/C30H25N3O4/c1-3-7-22-16-21(12-15-27(22)37-19-24-9-6-5-8-23(24)18-31)17-26-28(34)32-30(36)33(29(26)35)25-13-10-20(4-2)11-14-25/h3,5-6,8-17H,1,4,7,19H2,2H3,(H,32,34,36)/b26-17-. The van der Waals surface area contributed by atoms with Gasteiger partial charge in [0.15, 0.2) is 0 Å². The van der Waals surface area contributed by atoms with Gasteiger partial charge in [-0.25, -0.2) is 9.69 Å².